The van der Waals surface area contributed by atoms with Crippen molar-refractivity contribution in [3.8, 4) is 5.88 Å². The molecule has 0 unspecified atom stereocenters. The molecule has 0 spiro atoms. The molecule has 11 nitrogen and oxygen atoms in total. The third kappa shape index (κ3) is 6.24. The molecule has 4 rings (SSSR count). The predicted octanol–water partition coefficient (Wildman–Crippen LogP) is 3.10. The first-order valence-electron chi connectivity index (χ1n) is 11.6. The number of carbonyl (C=O) groups excluding carboxylic acids is 1. The molecule has 0 aliphatic carbocycles. The van der Waals surface area contributed by atoms with E-state index in [4.69, 9.17) is 4.74 Å². The number of amides is 1. The van der Waals surface area contributed by atoms with Crippen molar-refractivity contribution in [2.75, 3.05) is 30.2 Å². The van der Waals surface area contributed by atoms with Gasteiger partial charge in [0.05, 0.1) is 16.9 Å². The molecule has 1 amide bonds. The molecule has 0 saturated carbocycles. The van der Waals surface area contributed by atoms with Gasteiger partial charge in [-0.15, -0.1) is 0 Å². The monoisotopic (exact) mass is 545 g/mol. The topological polar surface area (TPSA) is 148 Å². The summed E-state index contributed by atoms with van der Waals surface area (Å²) in [6, 6.07) is 11.3. The number of sulfonamides is 2. The van der Waals surface area contributed by atoms with E-state index in [-0.39, 0.29) is 27.1 Å². The third-order valence-electron chi connectivity index (χ3n) is 5.83. The van der Waals surface area contributed by atoms with Crippen LogP contribution < -0.4 is 14.8 Å². The Bertz CT molecular complexity index is 1450. The van der Waals surface area contributed by atoms with Crippen LogP contribution in [0.15, 0.2) is 70.7 Å². The third-order valence-corrected chi connectivity index (χ3v) is 9.10. The number of hydrogen-bond donors (Lipinski definition) is 2. The van der Waals surface area contributed by atoms with Gasteiger partial charge in [-0.3, -0.25) is 9.52 Å². The Morgan fingerprint density at radius 1 is 0.838 bits per heavy atom. The van der Waals surface area contributed by atoms with E-state index in [1.807, 2.05) is 0 Å². The molecule has 2 aromatic carbocycles. The molecule has 1 aromatic heterocycles. The molecule has 0 atom stereocenters. The maximum absolute atomic E-state index is 12.9. The van der Waals surface area contributed by atoms with Gasteiger partial charge in [0.1, 0.15) is 0 Å². The van der Waals surface area contributed by atoms with Crippen molar-refractivity contribution >= 4 is 37.5 Å². The van der Waals surface area contributed by atoms with E-state index >= 15 is 0 Å². The summed E-state index contributed by atoms with van der Waals surface area (Å²) in [5.41, 5.74) is 0.630. The normalized spacial score (nSPS) is 14.9. The average molecular weight is 546 g/mol. The Morgan fingerprint density at radius 2 is 1.43 bits per heavy atom. The molecule has 2 heterocycles. The zero-order valence-electron chi connectivity index (χ0n) is 20.1. The first-order chi connectivity index (χ1) is 17.7. The molecular weight excluding hydrogens is 518 g/mol. The van der Waals surface area contributed by atoms with Crippen LogP contribution >= 0.6 is 0 Å². The smallest absolute Gasteiger partial charge is 0.263 e. The number of methoxy groups -OCH3 is 1. The molecule has 13 heteroatoms. The first kappa shape index (κ1) is 26.5. The van der Waals surface area contributed by atoms with Crippen molar-refractivity contribution < 1.29 is 26.4 Å². The molecule has 0 bridgehead atoms. The van der Waals surface area contributed by atoms with Crippen LogP contribution in [0, 0.1) is 0 Å². The number of aromatic nitrogens is 2. The second kappa shape index (κ2) is 11.2. The van der Waals surface area contributed by atoms with Crippen LogP contribution in [0.1, 0.15) is 36.0 Å². The Kier molecular flexibility index (Phi) is 8.05. The quantitative estimate of drug-likeness (QED) is 0.439. The van der Waals surface area contributed by atoms with Gasteiger partial charge in [-0.2, -0.15) is 4.31 Å². The summed E-state index contributed by atoms with van der Waals surface area (Å²) >= 11 is 0. The molecule has 0 radical (unpaired) electrons. The number of rotatable bonds is 8. The largest absolute Gasteiger partial charge is 0.478 e. The SMILES string of the molecule is COc1nccnc1NS(=O)(=O)c1ccc(NC(=O)c2ccc(S(=O)(=O)N3CCCCCC3)cc2)cc1. The Morgan fingerprint density at radius 3 is 2.05 bits per heavy atom. The molecule has 3 aromatic rings. The van der Waals surface area contributed by atoms with Crippen LogP contribution in [-0.2, 0) is 20.0 Å². The maximum atomic E-state index is 12.9. The number of nitrogens with one attached hydrogen (secondary N) is 2. The molecular formula is C24H27N5O6S2. The van der Waals surface area contributed by atoms with E-state index in [1.54, 1.807) is 0 Å². The lowest BCUT2D eigenvalue weighted by atomic mass is 10.2. The molecule has 2 N–H and O–H groups in total. The molecule has 1 fully saturated rings. The van der Waals surface area contributed by atoms with E-state index in [0.717, 1.165) is 25.7 Å². The van der Waals surface area contributed by atoms with Gasteiger partial charge < -0.3 is 10.1 Å². The van der Waals surface area contributed by atoms with Gasteiger partial charge in [0, 0.05) is 36.7 Å². The van der Waals surface area contributed by atoms with Crippen molar-refractivity contribution in [3.05, 3.63) is 66.5 Å². The van der Waals surface area contributed by atoms with Crippen LogP contribution in [0.2, 0.25) is 0 Å². The number of hydrogen-bond acceptors (Lipinski definition) is 8. The lowest BCUT2D eigenvalue weighted by Crippen LogP contribution is -2.31. The van der Waals surface area contributed by atoms with E-state index in [0.29, 0.717) is 18.8 Å². The van der Waals surface area contributed by atoms with Crippen molar-refractivity contribution in [1.82, 2.24) is 14.3 Å². The van der Waals surface area contributed by atoms with Crippen LogP contribution in [0.25, 0.3) is 0 Å². The standard InChI is InChI=1S/C24H27N5O6S2/c1-35-24-22(25-14-15-26-24)28-36(31,32)20-12-8-19(9-13-20)27-23(30)18-6-10-21(11-7-18)37(33,34)29-16-4-2-3-5-17-29/h6-15H,2-5,16-17H2,1H3,(H,25,28)(H,27,30). The fourth-order valence-electron chi connectivity index (χ4n) is 3.86. The summed E-state index contributed by atoms with van der Waals surface area (Å²) in [4.78, 5) is 20.6. The van der Waals surface area contributed by atoms with Gasteiger partial charge in [0.15, 0.2) is 0 Å². The average Bonchev–Trinajstić information content (AvgIpc) is 3.20. The number of nitrogens with zero attached hydrogens (tertiary/aromatic N) is 3. The molecule has 1 saturated heterocycles. The highest BCUT2D eigenvalue weighted by atomic mass is 32.2. The van der Waals surface area contributed by atoms with Crippen molar-refractivity contribution in [1.29, 1.82) is 0 Å². The van der Waals surface area contributed by atoms with E-state index in [2.05, 4.69) is 20.0 Å². The van der Waals surface area contributed by atoms with Gasteiger partial charge in [-0.05, 0) is 61.4 Å². The van der Waals surface area contributed by atoms with Crippen molar-refractivity contribution in [2.24, 2.45) is 0 Å². The van der Waals surface area contributed by atoms with E-state index < -0.39 is 26.0 Å². The number of benzene rings is 2. The summed E-state index contributed by atoms with van der Waals surface area (Å²) in [6.45, 7) is 0.996. The summed E-state index contributed by atoms with van der Waals surface area (Å²) < 4.78 is 60.1. The van der Waals surface area contributed by atoms with Gasteiger partial charge in [-0.25, -0.2) is 26.8 Å². The van der Waals surface area contributed by atoms with Crippen LogP contribution in [0.3, 0.4) is 0 Å². The lowest BCUT2D eigenvalue weighted by Gasteiger charge is -2.20. The number of anilines is 2. The van der Waals surface area contributed by atoms with Gasteiger partial charge >= 0.3 is 0 Å². The number of carbonyl (C=O) groups is 1. The second-order valence-corrected chi connectivity index (χ2v) is 12.0. The number of ether oxygens (including phenoxy) is 1. The predicted molar refractivity (Wildman–Crippen MR) is 137 cm³/mol. The zero-order valence-corrected chi connectivity index (χ0v) is 21.8. The molecule has 1 aliphatic heterocycles. The van der Waals surface area contributed by atoms with Gasteiger partial charge in [0.25, 0.3) is 21.8 Å². The Labute approximate surface area is 216 Å². The minimum Gasteiger partial charge on any atom is -0.478 e. The first-order valence-corrected chi connectivity index (χ1v) is 14.5. The van der Waals surface area contributed by atoms with E-state index in [9.17, 15) is 21.6 Å². The van der Waals surface area contributed by atoms with Crippen molar-refractivity contribution in [3.63, 3.8) is 0 Å². The molecule has 1 aliphatic rings. The summed E-state index contributed by atoms with van der Waals surface area (Å²) in [5.74, 6) is -0.486. The Hall–Kier alpha value is -3.55. The highest BCUT2D eigenvalue weighted by Gasteiger charge is 2.25. The van der Waals surface area contributed by atoms with Crippen LogP contribution in [0.4, 0.5) is 11.5 Å². The Balaban J connectivity index is 1.42. The molecule has 196 valence electrons. The maximum Gasteiger partial charge on any atom is 0.263 e. The highest BCUT2D eigenvalue weighted by molar-refractivity contribution is 7.92. The summed E-state index contributed by atoms with van der Waals surface area (Å²) in [6.07, 6.45) is 6.41. The summed E-state index contributed by atoms with van der Waals surface area (Å²) in [7, 11) is -6.24. The second-order valence-electron chi connectivity index (χ2n) is 8.34. The van der Waals surface area contributed by atoms with Crippen molar-refractivity contribution in [2.45, 2.75) is 35.5 Å². The van der Waals surface area contributed by atoms with E-state index in [1.165, 1.54) is 72.3 Å². The highest BCUT2D eigenvalue weighted by Crippen LogP contribution is 2.23. The molecule has 37 heavy (non-hydrogen) atoms. The fourth-order valence-corrected chi connectivity index (χ4v) is 6.38. The van der Waals surface area contributed by atoms with Gasteiger partial charge in [0.2, 0.25) is 15.8 Å². The lowest BCUT2D eigenvalue weighted by molar-refractivity contribution is 0.102. The van der Waals surface area contributed by atoms with Crippen LogP contribution in [0.5, 0.6) is 5.88 Å². The minimum atomic E-state index is -3.98. The van der Waals surface area contributed by atoms with Crippen LogP contribution in [-0.4, -0.2) is 57.2 Å². The van der Waals surface area contributed by atoms with Gasteiger partial charge in [-0.1, -0.05) is 12.8 Å². The fraction of sp³-hybridized carbons (Fsp3) is 0.292. The zero-order chi connectivity index (χ0) is 26.5. The summed E-state index contributed by atoms with van der Waals surface area (Å²) in [5, 5.41) is 2.68. The minimum absolute atomic E-state index is 0.0280.